The number of furan rings is 1. The lowest BCUT2D eigenvalue weighted by Crippen LogP contribution is -2.31. The van der Waals surface area contributed by atoms with Crippen LogP contribution in [0.3, 0.4) is 0 Å². The van der Waals surface area contributed by atoms with E-state index in [4.69, 9.17) is 18.6 Å². The number of fused-ring (bicyclic) bond motifs is 2. The molecule has 12 heteroatoms. The van der Waals surface area contributed by atoms with Crippen molar-refractivity contribution in [2.24, 2.45) is 0 Å². The first-order valence-electron chi connectivity index (χ1n) is 11.4. The summed E-state index contributed by atoms with van der Waals surface area (Å²) in [6, 6.07) is 5.52. The molecule has 10 nitrogen and oxygen atoms in total. The van der Waals surface area contributed by atoms with Gasteiger partial charge in [0, 0.05) is 37.5 Å². The normalized spacial score (nSPS) is 18.9. The van der Waals surface area contributed by atoms with Crippen LogP contribution < -0.4 is 14.9 Å². The number of nitrogens with zero attached hydrogens (tertiary/aromatic N) is 3. The van der Waals surface area contributed by atoms with Gasteiger partial charge in [-0.05, 0) is 30.7 Å². The second-order valence-corrected chi connectivity index (χ2v) is 10.6. The monoisotopic (exact) mass is 528 g/mol. The highest BCUT2D eigenvalue weighted by molar-refractivity contribution is 7.99. The van der Waals surface area contributed by atoms with E-state index in [2.05, 4.69) is 15.4 Å². The van der Waals surface area contributed by atoms with Crippen molar-refractivity contribution in [2.45, 2.75) is 48.6 Å². The first kappa shape index (κ1) is 23.3. The summed E-state index contributed by atoms with van der Waals surface area (Å²) in [7, 11) is 3.23. The summed E-state index contributed by atoms with van der Waals surface area (Å²) < 4.78 is 24.8. The average molecular weight is 529 g/mol. The first-order chi connectivity index (χ1) is 17.4. The van der Waals surface area contributed by atoms with E-state index in [1.54, 1.807) is 14.2 Å². The van der Waals surface area contributed by atoms with Gasteiger partial charge in [-0.1, -0.05) is 0 Å². The van der Waals surface area contributed by atoms with E-state index in [0.29, 0.717) is 64.9 Å². The molecule has 1 aromatic carbocycles. The van der Waals surface area contributed by atoms with E-state index in [1.807, 2.05) is 34.5 Å². The number of carbonyl (C=O) groups is 1. The van der Waals surface area contributed by atoms with Crippen molar-refractivity contribution < 1.29 is 28.5 Å². The fraction of sp³-hybridized carbons (Fsp3) is 0.375. The molecule has 2 aliphatic rings. The Morgan fingerprint density at radius 2 is 2.08 bits per heavy atom. The number of carbonyl (C=O) groups excluding carboxylic acids is 1. The minimum absolute atomic E-state index is 0.172. The van der Waals surface area contributed by atoms with Gasteiger partial charge in [-0.15, -0.1) is 11.3 Å². The number of hydrogen-bond acceptors (Lipinski definition) is 11. The number of aromatic nitrogens is 3. The molecule has 36 heavy (non-hydrogen) atoms. The molecule has 3 aromatic heterocycles. The molecular formula is C24H24N4O6S2. The lowest BCUT2D eigenvalue weighted by molar-refractivity contribution is -0.125. The molecule has 1 aliphatic carbocycles. The predicted octanol–water partition coefficient (Wildman–Crippen LogP) is 4.25. The van der Waals surface area contributed by atoms with Crippen molar-refractivity contribution in [1.82, 2.24) is 14.6 Å². The minimum Gasteiger partial charge on any atom is -0.496 e. The summed E-state index contributed by atoms with van der Waals surface area (Å²) in [5.74, 6) is 1.99. The van der Waals surface area contributed by atoms with Gasteiger partial charge >= 0.3 is 0 Å². The van der Waals surface area contributed by atoms with Gasteiger partial charge in [0.05, 0.1) is 24.4 Å². The Balaban J connectivity index is 1.24. The fourth-order valence-electron chi connectivity index (χ4n) is 4.34. The van der Waals surface area contributed by atoms with Gasteiger partial charge in [0.2, 0.25) is 0 Å². The number of thiazole rings is 1. The van der Waals surface area contributed by atoms with Crippen LogP contribution in [-0.2, 0) is 21.7 Å². The number of imidazole rings is 1. The standard InChI is InChI=1S/C24H24N4O6S2/c1-31-15-7-18(33-11-13-12-35-21(25-13)24(30)5-3-14(29)4-6-24)16-9-20(34-19(16)8-15)17-10-28-22(26-17)36-23(27-28)32-2/h7-10,12,23,27,30H,3-6,11H2,1-2H3. The Bertz CT molecular complexity index is 1410. The summed E-state index contributed by atoms with van der Waals surface area (Å²) in [4.78, 5) is 20.8. The molecule has 1 atom stereocenters. The predicted molar refractivity (Wildman–Crippen MR) is 134 cm³/mol. The highest BCUT2D eigenvalue weighted by Gasteiger charge is 2.36. The van der Waals surface area contributed by atoms with E-state index < -0.39 is 5.60 Å². The van der Waals surface area contributed by atoms with Gasteiger partial charge in [0.1, 0.15) is 45.8 Å². The third kappa shape index (κ3) is 4.23. The molecule has 2 N–H and O–H groups in total. The Morgan fingerprint density at radius 1 is 1.25 bits per heavy atom. The Hall–Kier alpha value is -3.06. The van der Waals surface area contributed by atoms with Crippen molar-refractivity contribution in [3.63, 3.8) is 0 Å². The van der Waals surface area contributed by atoms with Crippen LogP contribution >= 0.6 is 23.1 Å². The van der Waals surface area contributed by atoms with E-state index in [-0.39, 0.29) is 18.0 Å². The summed E-state index contributed by atoms with van der Waals surface area (Å²) >= 11 is 2.87. The van der Waals surface area contributed by atoms with E-state index in [0.717, 1.165) is 10.5 Å². The van der Waals surface area contributed by atoms with Crippen LogP contribution in [0.15, 0.2) is 39.3 Å². The van der Waals surface area contributed by atoms with Gasteiger partial charge in [-0.2, -0.15) is 0 Å². The molecule has 0 bridgehead atoms. The minimum atomic E-state index is -1.04. The maximum atomic E-state index is 11.6. The molecule has 1 fully saturated rings. The van der Waals surface area contributed by atoms with Crippen LogP contribution in [0.2, 0.25) is 0 Å². The van der Waals surface area contributed by atoms with Crippen LogP contribution in [0.1, 0.15) is 36.4 Å². The molecule has 188 valence electrons. The Labute approximate surface area is 214 Å². The highest BCUT2D eigenvalue weighted by Crippen LogP contribution is 2.40. The van der Waals surface area contributed by atoms with Gasteiger partial charge in [-0.25, -0.2) is 14.6 Å². The van der Waals surface area contributed by atoms with Crippen LogP contribution in [0.25, 0.3) is 22.4 Å². The van der Waals surface area contributed by atoms with E-state index in [9.17, 15) is 9.90 Å². The van der Waals surface area contributed by atoms with Crippen molar-refractivity contribution in [2.75, 3.05) is 19.6 Å². The number of thioether (sulfide) groups is 1. The van der Waals surface area contributed by atoms with E-state index in [1.165, 1.54) is 23.1 Å². The zero-order valence-electron chi connectivity index (χ0n) is 19.6. The summed E-state index contributed by atoms with van der Waals surface area (Å²) in [6.45, 7) is 0.214. The molecule has 1 saturated carbocycles. The second kappa shape index (κ2) is 9.11. The molecule has 0 spiro atoms. The van der Waals surface area contributed by atoms with E-state index >= 15 is 0 Å². The van der Waals surface area contributed by atoms with Crippen LogP contribution in [-0.4, -0.2) is 45.3 Å². The topological polar surface area (TPSA) is 121 Å². The SMILES string of the molecule is COc1cc(OCc2csc(C3(O)CCC(=O)CC3)n2)c2cc(-c3cn4c(n3)SC(OC)N4)oc2c1. The van der Waals surface area contributed by atoms with Crippen molar-refractivity contribution in [3.8, 4) is 23.0 Å². The fourth-order valence-corrected chi connectivity index (χ4v) is 6.12. The quantitative estimate of drug-likeness (QED) is 0.360. The average Bonchev–Trinajstić information content (AvgIpc) is 3.66. The molecule has 6 rings (SSSR count). The van der Waals surface area contributed by atoms with Crippen molar-refractivity contribution in [3.05, 3.63) is 40.5 Å². The molecule has 4 heterocycles. The molecule has 0 radical (unpaired) electrons. The maximum absolute atomic E-state index is 11.6. The van der Waals surface area contributed by atoms with Crippen LogP contribution in [0.4, 0.5) is 0 Å². The number of ketones is 1. The summed E-state index contributed by atoms with van der Waals surface area (Å²) in [6.07, 6.45) is 3.44. The lowest BCUT2D eigenvalue weighted by atomic mass is 9.85. The van der Waals surface area contributed by atoms with Crippen LogP contribution in [0, 0.1) is 0 Å². The number of rotatable bonds is 7. The number of hydrogen-bond donors (Lipinski definition) is 2. The number of Topliss-reactive ketones (excluding diaryl/α,β-unsaturated/α-hetero) is 1. The van der Waals surface area contributed by atoms with Crippen molar-refractivity contribution >= 4 is 39.9 Å². The molecule has 0 saturated heterocycles. The molecule has 4 aromatic rings. The summed E-state index contributed by atoms with van der Waals surface area (Å²) in [5.41, 5.74) is 3.97. The van der Waals surface area contributed by atoms with Gasteiger partial charge in [-0.3, -0.25) is 10.2 Å². The van der Waals surface area contributed by atoms with Crippen molar-refractivity contribution in [1.29, 1.82) is 0 Å². The number of nitrogens with one attached hydrogen (secondary N) is 1. The maximum Gasteiger partial charge on any atom is 0.196 e. The zero-order valence-corrected chi connectivity index (χ0v) is 21.3. The highest BCUT2D eigenvalue weighted by atomic mass is 32.2. The molecule has 1 unspecified atom stereocenters. The van der Waals surface area contributed by atoms with Crippen LogP contribution in [0.5, 0.6) is 11.5 Å². The molecule has 0 amide bonds. The third-order valence-corrected chi connectivity index (χ3v) is 8.46. The first-order valence-corrected chi connectivity index (χ1v) is 13.2. The third-order valence-electron chi connectivity index (χ3n) is 6.37. The second-order valence-electron chi connectivity index (χ2n) is 8.74. The molecular weight excluding hydrogens is 504 g/mol. The van der Waals surface area contributed by atoms with Gasteiger partial charge < -0.3 is 23.7 Å². The number of benzene rings is 1. The lowest BCUT2D eigenvalue weighted by Gasteiger charge is -2.29. The molecule has 1 aliphatic heterocycles. The number of ether oxygens (including phenoxy) is 3. The zero-order chi connectivity index (χ0) is 24.9. The summed E-state index contributed by atoms with van der Waals surface area (Å²) in [5, 5.41) is 15.0. The largest absolute Gasteiger partial charge is 0.496 e. The Morgan fingerprint density at radius 3 is 2.83 bits per heavy atom. The van der Waals surface area contributed by atoms with Gasteiger partial charge in [0.15, 0.2) is 16.5 Å². The smallest absolute Gasteiger partial charge is 0.196 e. The Kier molecular flexibility index (Phi) is 5.91. The number of methoxy groups -OCH3 is 2. The number of aliphatic hydroxyl groups is 1. The van der Waals surface area contributed by atoms with Gasteiger partial charge in [0.25, 0.3) is 0 Å².